The van der Waals surface area contributed by atoms with Gasteiger partial charge in [-0.15, -0.1) is 8.44 Å². The van der Waals surface area contributed by atoms with Crippen molar-refractivity contribution in [1.82, 2.24) is 0 Å². The van der Waals surface area contributed by atoms with E-state index in [9.17, 15) is 0 Å². The minimum absolute atomic E-state index is 0.327. The summed E-state index contributed by atoms with van der Waals surface area (Å²) in [4.78, 5) is 0. The summed E-state index contributed by atoms with van der Waals surface area (Å²) in [7, 11) is 0. The van der Waals surface area contributed by atoms with Crippen LogP contribution >= 0.6 is 21.3 Å². The van der Waals surface area contributed by atoms with E-state index in [1.165, 1.54) is 0 Å². The molecule has 0 saturated carbocycles. The maximum Gasteiger partial charge on any atom is 0.167 e. The van der Waals surface area contributed by atoms with Gasteiger partial charge in [0.05, 0.1) is 11.4 Å². The van der Waals surface area contributed by atoms with Gasteiger partial charge in [-0.05, 0) is 13.8 Å². The van der Waals surface area contributed by atoms with Gasteiger partial charge >= 0.3 is 0 Å². The lowest BCUT2D eigenvalue weighted by molar-refractivity contribution is 1.11. The Balaban J connectivity index is 2.97. The molecule has 0 amide bonds. The first kappa shape index (κ1) is 6.00. The van der Waals surface area contributed by atoms with E-state index >= 15 is 0 Å². The van der Waals surface area contributed by atoms with E-state index in [0.717, 1.165) is 11.4 Å². The van der Waals surface area contributed by atoms with Crippen molar-refractivity contribution in [3.8, 4) is 0 Å². The third kappa shape index (κ3) is 1.18. The molecule has 0 fully saturated rings. The zero-order valence-electron chi connectivity index (χ0n) is 4.72. The van der Waals surface area contributed by atoms with Crippen molar-refractivity contribution in [2.24, 2.45) is 11.6 Å². The van der Waals surface area contributed by atoms with Crippen LogP contribution in [0.5, 0.6) is 0 Å². The van der Waals surface area contributed by atoms with Crippen molar-refractivity contribution in [2.75, 3.05) is 0 Å². The van der Waals surface area contributed by atoms with E-state index in [4.69, 9.17) is 0 Å². The zero-order valence-corrected chi connectivity index (χ0v) is 6.88. The Morgan fingerprint density at radius 1 is 1.25 bits per heavy atom. The molecule has 0 radical (unpaired) electrons. The van der Waals surface area contributed by atoms with Gasteiger partial charge in [0, 0.05) is 0 Å². The normalized spacial score (nSPS) is 18.8. The minimum atomic E-state index is -0.327. The SMILES string of the molecule is CC1=C(C)N=IN=N1. The highest BCUT2D eigenvalue weighted by Gasteiger charge is 1.94. The van der Waals surface area contributed by atoms with Crippen LogP contribution in [0.2, 0.25) is 0 Å². The molecule has 1 heterocycles. The summed E-state index contributed by atoms with van der Waals surface area (Å²) in [6.07, 6.45) is 0. The summed E-state index contributed by atoms with van der Waals surface area (Å²) in [6, 6.07) is 0. The van der Waals surface area contributed by atoms with Crippen LogP contribution in [0.4, 0.5) is 0 Å². The monoisotopic (exact) mass is 223 g/mol. The first-order chi connectivity index (χ1) is 3.80. The predicted molar refractivity (Wildman–Crippen MR) is 39.7 cm³/mol. The van der Waals surface area contributed by atoms with E-state index in [0.29, 0.717) is 0 Å². The highest BCUT2D eigenvalue weighted by atomic mass is 127. The molecular weight excluding hydrogens is 217 g/mol. The highest BCUT2D eigenvalue weighted by Crippen LogP contribution is 2.20. The quantitative estimate of drug-likeness (QED) is 0.566. The molecule has 0 aliphatic carbocycles. The lowest BCUT2D eigenvalue weighted by atomic mass is 10.4. The molecule has 0 N–H and O–H groups in total. The van der Waals surface area contributed by atoms with Gasteiger partial charge in [0.1, 0.15) is 0 Å². The summed E-state index contributed by atoms with van der Waals surface area (Å²) in [5.74, 6) is 0. The van der Waals surface area contributed by atoms with Crippen molar-refractivity contribution in [3.63, 3.8) is 0 Å². The second-order valence-electron chi connectivity index (χ2n) is 1.51. The van der Waals surface area contributed by atoms with E-state index in [2.05, 4.69) is 11.6 Å². The molecule has 1 rings (SSSR count). The van der Waals surface area contributed by atoms with Gasteiger partial charge in [0.25, 0.3) is 0 Å². The Bertz CT molecular complexity index is 160. The van der Waals surface area contributed by atoms with E-state index in [1.54, 1.807) is 0 Å². The fourth-order valence-corrected chi connectivity index (χ4v) is 1.47. The van der Waals surface area contributed by atoms with Crippen LogP contribution in [-0.2, 0) is 0 Å². The highest BCUT2D eigenvalue weighted by molar-refractivity contribution is 14.1. The molecule has 3 nitrogen and oxygen atoms in total. The Hall–Kier alpha value is -0.130. The van der Waals surface area contributed by atoms with Crippen molar-refractivity contribution in [2.45, 2.75) is 13.8 Å². The van der Waals surface area contributed by atoms with Crippen LogP contribution in [0.1, 0.15) is 13.8 Å². The van der Waals surface area contributed by atoms with Gasteiger partial charge in [-0.25, -0.2) is 3.15 Å². The topological polar surface area (TPSA) is 37.1 Å². The molecule has 0 aromatic heterocycles. The van der Waals surface area contributed by atoms with Gasteiger partial charge in [-0.2, -0.15) is 0 Å². The molecule has 0 saturated heterocycles. The summed E-state index contributed by atoms with van der Waals surface area (Å²) in [5.41, 5.74) is 2.00. The van der Waals surface area contributed by atoms with Gasteiger partial charge in [0.2, 0.25) is 0 Å². The van der Waals surface area contributed by atoms with Crippen LogP contribution in [0.25, 0.3) is 0 Å². The second-order valence-corrected chi connectivity index (χ2v) is 2.85. The average Bonchev–Trinajstić information content (AvgIpc) is 1.77. The number of halogens is 1. The fraction of sp³-hybridized carbons (Fsp3) is 0.500. The van der Waals surface area contributed by atoms with Crippen LogP contribution < -0.4 is 0 Å². The van der Waals surface area contributed by atoms with Gasteiger partial charge in [0.15, 0.2) is 21.3 Å². The van der Waals surface area contributed by atoms with Gasteiger partial charge in [-0.1, -0.05) is 0 Å². The Morgan fingerprint density at radius 2 is 2.00 bits per heavy atom. The maximum atomic E-state index is 4.14. The minimum Gasteiger partial charge on any atom is -0.206 e. The lowest BCUT2D eigenvalue weighted by Crippen LogP contribution is -1.74. The Kier molecular flexibility index (Phi) is 1.82. The first-order valence-electron chi connectivity index (χ1n) is 2.24. The van der Waals surface area contributed by atoms with Crippen molar-refractivity contribution in [3.05, 3.63) is 11.4 Å². The van der Waals surface area contributed by atoms with E-state index in [-0.39, 0.29) is 21.3 Å². The maximum absolute atomic E-state index is 4.14. The number of hydrogen-bond acceptors (Lipinski definition) is 3. The van der Waals surface area contributed by atoms with E-state index in [1.807, 2.05) is 13.8 Å². The fourth-order valence-electron chi connectivity index (χ4n) is 0.281. The standard InChI is InChI=1S/C4H6IN3/c1-3-4(2)7-8-5-6-3/h1-2H3. The molecule has 0 aromatic carbocycles. The molecule has 4 heteroatoms. The predicted octanol–water partition coefficient (Wildman–Crippen LogP) is 2.77. The Labute approximate surface area is 58.4 Å². The second kappa shape index (κ2) is 2.43. The van der Waals surface area contributed by atoms with Crippen LogP contribution in [0.3, 0.4) is 0 Å². The van der Waals surface area contributed by atoms with Crippen molar-refractivity contribution in [1.29, 1.82) is 0 Å². The van der Waals surface area contributed by atoms with Gasteiger partial charge in [-0.3, -0.25) is 0 Å². The summed E-state index contributed by atoms with van der Waals surface area (Å²) in [5, 5.41) is 3.87. The molecule has 44 valence electrons. The third-order valence-electron chi connectivity index (χ3n) is 0.910. The van der Waals surface area contributed by atoms with Crippen LogP contribution in [0.15, 0.2) is 23.0 Å². The Morgan fingerprint density at radius 3 is 2.38 bits per heavy atom. The average molecular weight is 223 g/mol. The largest absolute Gasteiger partial charge is 0.206 e. The van der Waals surface area contributed by atoms with Crippen molar-refractivity contribution < 1.29 is 0 Å². The number of nitrogens with zero attached hydrogens (tertiary/aromatic N) is 3. The summed E-state index contributed by atoms with van der Waals surface area (Å²) < 4.78 is 7.96. The smallest absolute Gasteiger partial charge is 0.167 e. The third-order valence-corrected chi connectivity index (χ3v) is 2.26. The number of rotatable bonds is 0. The molecule has 0 spiro atoms. The number of allylic oxidation sites excluding steroid dienone is 2. The molecule has 0 bridgehead atoms. The van der Waals surface area contributed by atoms with Crippen LogP contribution in [-0.4, -0.2) is 0 Å². The molecule has 1 aliphatic rings. The van der Waals surface area contributed by atoms with Crippen LogP contribution in [0, 0.1) is 0 Å². The summed E-state index contributed by atoms with van der Waals surface area (Å²) in [6.45, 7) is 3.89. The molecule has 0 atom stereocenters. The van der Waals surface area contributed by atoms with Crippen molar-refractivity contribution >= 4 is 21.3 Å². The number of hydrogen-bond donors (Lipinski definition) is 0. The molecule has 1 aliphatic heterocycles. The molecular formula is C4H6IN3. The van der Waals surface area contributed by atoms with E-state index < -0.39 is 0 Å². The lowest BCUT2D eigenvalue weighted by Gasteiger charge is -1.95. The molecule has 8 heavy (non-hydrogen) atoms. The molecule has 0 unspecified atom stereocenters. The van der Waals surface area contributed by atoms with Gasteiger partial charge < -0.3 is 0 Å². The molecule has 0 aromatic rings. The first-order valence-corrected chi connectivity index (χ1v) is 4.17. The zero-order chi connectivity index (χ0) is 5.98. The summed E-state index contributed by atoms with van der Waals surface area (Å²) >= 11 is -0.327.